The smallest absolute Gasteiger partial charge is 0.325 e. The number of H-pyrrole nitrogens is 1. The molecule has 0 unspecified atom stereocenters. The molecule has 2 aromatic rings. The standard InChI is InChI=1S/C13H15N3O4/c1-19-11(17)7-16(8-12(18)20-2)13-14-9-5-3-4-6-10(9)15-13/h3-6H,7-8H2,1-2H3,(H,14,15). The first-order valence-electron chi connectivity index (χ1n) is 5.97. The van der Waals surface area contributed by atoms with Crippen LogP contribution in [0.4, 0.5) is 5.95 Å². The Hall–Kier alpha value is -2.57. The third-order valence-corrected chi connectivity index (χ3v) is 2.77. The lowest BCUT2D eigenvalue weighted by Gasteiger charge is -2.18. The molecule has 0 aliphatic heterocycles. The van der Waals surface area contributed by atoms with Gasteiger partial charge < -0.3 is 19.4 Å². The number of nitrogens with zero attached hydrogens (tertiary/aromatic N) is 2. The second kappa shape index (κ2) is 6.05. The highest BCUT2D eigenvalue weighted by Crippen LogP contribution is 2.16. The number of hydrogen-bond donors (Lipinski definition) is 1. The summed E-state index contributed by atoms with van der Waals surface area (Å²) in [5.41, 5.74) is 1.57. The Balaban J connectivity index is 2.28. The summed E-state index contributed by atoms with van der Waals surface area (Å²) in [6.45, 7) is -0.184. The molecule has 0 saturated carbocycles. The minimum absolute atomic E-state index is 0.0918. The van der Waals surface area contributed by atoms with Gasteiger partial charge in [0.1, 0.15) is 13.1 Å². The Bertz CT molecular complexity index is 572. The molecule has 1 heterocycles. The summed E-state index contributed by atoms with van der Waals surface area (Å²) in [6, 6.07) is 7.43. The molecule has 0 radical (unpaired) electrons. The van der Waals surface area contributed by atoms with E-state index in [4.69, 9.17) is 0 Å². The zero-order valence-electron chi connectivity index (χ0n) is 11.3. The lowest BCUT2D eigenvalue weighted by atomic mass is 10.3. The number of ether oxygens (including phenoxy) is 2. The van der Waals surface area contributed by atoms with Crippen LogP contribution in [0.25, 0.3) is 11.0 Å². The molecular weight excluding hydrogens is 262 g/mol. The Morgan fingerprint density at radius 2 is 1.75 bits per heavy atom. The van der Waals surface area contributed by atoms with Crippen molar-refractivity contribution in [2.75, 3.05) is 32.2 Å². The van der Waals surface area contributed by atoms with Crippen LogP contribution in [0.5, 0.6) is 0 Å². The van der Waals surface area contributed by atoms with Gasteiger partial charge in [0.2, 0.25) is 5.95 Å². The maximum atomic E-state index is 11.4. The number of aromatic nitrogens is 2. The van der Waals surface area contributed by atoms with Crippen molar-refractivity contribution < 1.29 is 19.1 Å². The van der Waals surface area contributed by atoms with Gasteiger partial charge in [0.25, 0.3) is 0 Å². The molecule has 1 aromatic heterocycles. The number of hydrogen-bond acceptors (Lipinski definition) is 6. The lowest BCUT2D eigenvalue weighted by molar-refractivity contribution is -0.140. The predicted octanol–water partition coefficient (Wildman–Crippen LogP) is 0.715. The number of benzene rings is 1. The molecule has 106 valence electrons. The van der Waals surface area contributed by atoms with Gasteiger partial charge in [-0.25, -0.2) is 4.98 Å². The average Bonchev–Trinajstić information content (AvgIpc) is 2.90. The van der Waals surface area contributed by atoms with E-state index in [9.17, 15) is 9.59 Å². The van der Waals surface area contributed by atoms with Crippen LogP contribution in [0.3, 0.4) is 0 Å². The van der Waals surface area contributed by atoms with Gasteiger partial charge >= 0.3 is 11.9 Å². The molecule has 0 spiro atoms. The molecule has 7 heteroatoms. The highest BCUT2D eigenvalue weighted by Gasteiger charge is 2.19. The first-order valence-corrected chi connectivity index (χ1v) is 5.97. The van der Waals surface area contributed by atoms with E-state index in [-0.39, 0.29) is 13.1 Å². The van der Waals surface area contributed by atoms with Crippen LogP contribution in [-0.2, 0) is 19.1 Å². The molecule has 2 rings (SSSR count). The molecular formula is C13H15N3O4. The number of rotatable bonds is 5. The number of methoxy groups -OCH3 is 2. The summed E-state index contributed by atoms with van der Waals surface area (Å²) in [7, 11) is 2.58. The fraction of sp³-hybridized carbons (Fsp3) is 0.308. The van der Waals surface area contributed by atoms with E-state index < -0.39 is 11.9 Å². The molecule has 0 amide bonds. The number of esters is 2. The second-order valence-corrected chi connectivity index (χ2v) is 4.09. The zero-order valence-corrected chi connectivity index (χ0v) is 11.3. The monoisotopic (exact) mass is 277 g/mol. The van der Waals surface area contributed by atoms with Gasteiger partial charge in [-0.3, -0.25) is 9.59 Å². The van der Waals surface area contributed by atoms with Crippen LogP contribution < -0.4 is 4.90 Å². The fourth-order valence-corrected chi connectivity index (χ4v) is 1.74. The third kappa shape index (κ3) is 3.05. The van der Waals surface area contributed by atoms with Crippen molar-refractivity contribution in [3.05, 3.63) is 24.3 Å². The summed E-state index contributed by atoms with van der Waals surface area (Å²) >= 11 is 0. The van der Waals surface area contributed by atoms with Crippen molar-refractivity contribution in [1.82, 2.24) is 9.97 Å². The van der Waals surface area contributed by atoms with Crippen LogP contribution in [0.1, 0.15) is 0 Å². The molecule has 0 saturated heterocycles. The molecule has 1 aromatic carbocycles. The van der Waals surface area contributed by atoms with Crippen molar-refractivity contribution in [2.45, 2.75) is 0 Å². The van der Waals surface area contributed by atoms with E-state index in [2.05, 4.69) is 19.4 Å². The minimum atomic E-state index is -0.464. The minimum Gasteiger partial charge on any atom is -0.468 e. The fourth-order valence-electron chi connectivity index (χ4n) is 1.74. The maximum Gasteiger partial charge on any atom is 0.325 e. The molecule has 20 heavy (non-hydrogen) atoms. The number of aromatic amines is 1. The van der Waals surface area contributed by atoms with Crippen LogP contribution in [0, 0.1) is 0 Å². The summed E-state index contributed by atoms with van der Waals surface area (Å²) < 4.78 is 9.23. The quantitative estimate of drug-likeness (QED) is 0.810. The number of nitrogens with one attached hydrogen (secondary N) is 1. The number of carbonyl (C=O) groups is 2. The van der Waals surface area contributed by atoms with E-state index in [1.165, 1.54) is 19.1 Å². The first kappa shape index (κ1) is 13.9. The Labute approximate surface area is 115 Å². The number of imidazole rings is 1. The van der Waals surface area contributed by atoms with Crippen LogP contribution >= 0.6 is 0 Å². The Kier molecular flexibility index (Phi) is 4.19. The van der Waals surface area contributed by atoms with Crippen molar-refractivity contribution in [1.29, 1.82) is 0 Å². The Morgan fingerprint density at radius 1 is 1.15 bits per heavy atom. The van der Waals surface area contributed by atoms with Gasteiger partial charge in [-0.05, 0) is 12.1 Å². The van der Waals surface area contributed by atoms with Crippen molar-refractivity contribution in [3.8, 4) is 0 Å². The van der Waals surface area contributed by atoms with E-state index in [0.29, 0.717) is 5.95 Å². The number of carbonyl (C=O) groups excluding carboxylic acids is 2. The summed E-state index contributed by atoms with van der Waals surface area (Å²) in [5, 5.41) is 0. The number of anilines is 1. The van der Waals surface area contributed by atoms with E-state index >= 15 is 0 Å². The lowest BCUT2D eigenvalue weighted by Crippen LogP contribution is -2.36. The van der Waals surface area contributed by atoms with Crippen molar-refractivity contribution in [2.24, 2.45) is 0 Å². The van der Waals surface area contributed by atoms with Gasteiger partial charge in [0, 0.05) is 0 Å². The van der Waals surface area contributed by atoms with Crippen LogP contribution in [-0.4, -0.2) is 49.2 Å². The SMILES string of the molecule is COC(=O)CN(CC(=O)OC)c1nc2ccccc2[nH]1. The highest BCUT2D eigenvalue weighted by atomic mass is 16.5. The van der Waals surface area contributed by atoms with Crippen molar-refractivity contribution in [3.63, 3.8) is 0 Å². The van der Waals surface area contributed by atoms with Crippen molar-refractivity contribution >= 4 is 28.9 Å². The Morgan fingerprint density at radius 3 is 2.30 bits per heavy atom. The predicted molar refractivity (Wildman–Crippen MR) is 72.3 cm³/mol. The molecule has 7 nitrogen and oxygen atoms in total. The van der Waals surface area contributed by atoms with Gasteiger partial charge in [0.15, 0.2) is 0 Å². The van der Waals surface area contributed by atoms with Gasteiger partial charge in [-0.2, -0.15) is 0 Å². The van der Waals surface area contributed by atoms with E-state index in [0.717, 1.165) is 11.0 Å². The van der Waals surface area contributed by atoms with Gasteiger partial charge in [0.05, 0.1) is 25.3 Å². The normalized spacial score (nSPS) is 10.3. The third-order valence-electron chi connectivity index (χ3n) is 2.77. The maximum absolute atomic E-state index is 11.4. The average molecular weight is 277 g/mol. The second-order valence-electron chi connectivity index (χ2n) is 4.09. The van der Waals surface area contributed by atoms with Crippen LogP contribution in [0.2, 0.25) is 0 Å². The molecule has 1 N–H and O–H groups in total. The van der Waals surface area contributed by atoms with E-state index in [1.807, 2.05) is 24.3 Å². The molecule has 0 aliphatic rings. The number of fused-ring (bicyclic) bond motifs is 1. The molecule has 0 aliphatic carbocycles. The van der Waals surface area contributed by atoms with Crippen LogP contribution in [0.15, 0.2) is 24.3 Å². The summed E-state index contributed by atoms with van der Waals surface area (Å²) in [6.07, 6.45) is 0. The van der Waals surface area contributed by atoms with Gasteiger partial charge in [-0.1, -0.05) is 12.1 Å². The molecule has 0 fully saturated rings. The summed E-state index contributed by atoms with van der Waals surface area (Å²) in [5.74, 6) is -0.509. The van der Waals surface area contributed by atoms with E-state index in [1.54, 1.807) is 0 Å². The van der Waals surface area contributed by atoms with Gasteiger partial charge in [-0.15, -0.1) is 0 Å². The molecule has 0 atom stereocenters. The first-order chi connectivity index (χ1) is 9.63. The topological polar surface area (TPSA) is 84.5 Å². The zero-order chi connectivity index (χ0) is 14.5. The largest absolute Gasteiger partial charge is 0.468 e. The summed E-state index contributed by atoms with van der Waals surface area (Å²) in [4.78, 5) is 31.7. The molecule has 0 bridgehead atoms. The number of para-hydroxylation sites is 2. The highest BCUT2D eigenvalue weighted by molar-refractivity contribution is 5.83.